The van der Waals surface area contributed by atoms with Crippen LogP contribution in [0.3, 0.4) is 0 Å². The number of hydrogen-bond acceptors (Lipinski definition) is 6. The van der Waals surface area contributed by atoms with Gasteiger partial charge in [0.1, 0.15) is 12.2 Å². The summed E-state index contributed by atoms with van der Waals surface area (Å²) in [6.45, 7) is -0.394. The van der Waals surface area contributed by atoms with Gasteiger partial charge in [0.2, 0.25) is 0 Å². The Kier molecular flexibility index (Phi) is 4.08. The van der Waals surface area contributed by atoms with E-state index in [1.54, 1.807) is 12.1 Å². The molecule has 0 radical (unpaired) electrons. The number of ether oxygens (including phenoxy) is 1. The molecule has 3 N–H and O–H groups in total. The van der Waals surface area contributed by atoms with Crippen molar-refractivity contribution < 1.29 is 14.9 Å². The Hall–Kier alpha value is -1.26. The molecule has 9 heteroatoms. The number of rotatable bonds is 3. The van der Waals surface area contributed by atoms with Crippen molar-refractivity contribution in [1.29, 1.82) is 0 Å². The van der Waals surface area contributed by atoms with E-state index in [9.17, 15) is 19.8 Å². The number of nitrogens with zero attached hydrogens (tertiary/aromatic N) is 1. The molecule has 2 aromatic heterocycles. The predicted octanol–water partition coefficient (Wildman–Crippen LogP) is -0.185. The fraction of sp³-hybridized carbons (Fsp3) is 0.385. The number of alkyl halides is 1. The second kappa shape index (κ2) is 5.74. The number of aliphatic hydroxyl groups excluding tert-OH is 2. The van der Waals surface area contributed by atoms with Crippen molar-refractivity contribution in [2.75, 3.05) is 6.61 Å². The molecule has 0 aliphatic carbocycles. The zero-order chi connectivity index (χ0) is 15.9. The molecule has 7 nitrogen and oxygen atoms in total. The fourth-order valence-corrected chi connectivity index (χ4v) is 4.56. The first kappa shape index (κ1) is 15.6. The molecule has 1 saturated heterocycles. The van der Waals surface area contributed by atoms with Gasteiger partial charge in [0.05, 0.1) is 16.3 Å². The maximum Gasteiger partial charge on any atom is 0.331 e. The van der Waals surface area contributed by atoms with Gasteiger partial charge in [0.25, 0.3) is 5.56 Å². The molecule has 4 atom stereocenters. The summed E-state index contributed by atoms with van der Waals surface area (Å²) in [5.41, 5.74) is -2.52. The number of halogens is 1. The van der Waals surface area contributed by atoms with E-state index in [-0.39, 0.29) is 0 Å². The lowest BCUT2D eigenvalue weighted by Gasteiger charge is -2.32. The van der Waals surface area contributed by atoms with Gasteiger partial charge in [-0.05, 0) is 11.4 Å². The monoisotopic (exact) mass is 388 g/mol. The summed E-state index contributed by atoms with van der Waals surface area (Å²) in [6, 6.07) is 4.77. The number of nitrogens with one attached hydrogen (secondary N) is 1. The van der Waals surface area contributed by atoms with E-state index in [0.29, 0.717) is 4.88 Å². The summed E-state index contributed by atoms with van der Waals surface area (Å²) in [7, 11) is 0. The first-order valence-electron chi connectivity index (χ1n) is 6.48. The zero-order valence-electron chi connectivity index (χ0n) is 11.2. The van der Waals surface area contributed by atoms with Crippen molar-refractivity contribution in [2.24, 2.45) is 0 Å². The molecule has 22 heavy (non-hydrogen) atoms. The summed E-state index contributed by atoms with van der Waals surface area (Å²) >= 11 is 4.73. The maximum absolute atomic E-state index is 12.2. The van der Waals surface area contributed by atoms with Gasteiger partial charge in [-0.3, -0.25) is 14.3 Å². The third kappa shape index (κ3) is 2.20. The quantitative estimate of drug-likeness (QED) is 0.632. The van der Waals surface area contributed by atoms with Gasteiger partial charge in [0, 0.05) is 12.3 Å². The normalized spacial score (nSPS) is 31.5. The summed E-state index contributed by atoms with van der Waals surface area (Å²) in [5.74, 6) is 0. The minimum Gasteiger partial charge on any atom is -0.394 e. The van der Waals surface area contributed by atoms with Gasteiger partial charge in [-0.25, -0.2) is 4.79 Å². The van der Waals surface area contributed by atoms with Crippen LogP contribution in [-0.2, 0) is 10.5 Å². The molecule has 118 valence electrons. The largest absolute Gasteiger partial charge is 0.394 e. The van der Waals surface area contributed by atoms with E-state index in [0.717, 1.165) is 0 Å². The SMILES string of the molecule is O=c1ccn([C@]2(c3cccs3)O[C@H](CO)[C@@H](O)[C@H]2Br)c(=O)[nH]1. The smallest absolute Gasteiger partial charge is 0.331 e. The third-order valence-electron chi connectivity index (χ3n) is 3.62. The zero-order valence-corrected chi connectivity index (χ0v) is 13.6. The molecule has 1 aliphatic rings. The summed E-state index contributed by atoms with van der Waals surface area (Å²) in [6.07, 6.45) is -0.557. The Bertz CT molecular complexity index is 773. The molecule has 0 amide bonds. The average molecular weight is 389 g/mol. The molecule has 1 aliphatic heterocycles. The lowest BCUT2D eigenvalue weighted by Crippen LogP contribution is -2.49. The first-order chi connectivity index (χ1) is 10.5. The van der Waals surface area contributed by atoms with Crippen LogP contribution in [0.2, 0.25) is 0 Å². The predicted molar refractivity (Wildman–Crippen MR) is 83.4 cm³/mol. The van der Waals surface area contributed by atoms with E-state index in [4.69, 9.17) is 4.74 Å². The van der Waals surface area contributed by atoms with Crippen LogP contribution >= 0.6 is 27.3 Å². The van der Waals surface area contributed by atoms with Crippen LogP contribution < -0.4 is 11.2 Å². The highest BCUT2D eigenvalue weighted by atomic mass is 79.9. The second-order valence-corrected chi connectivity index (χ2v) is 6.82. The Morgan fingerprint density at radius 1 is 1.45 bits per heavy atom. The highest BCUT2D eigenvalue weighted by molar-refractivity contribution is 9.09. The van der Waals surface area contributed by atoms with Crippen LogP contribution in [0.5, 0.6) is 0 Å². The van der Waals surface area contributed by atoms with Crippen molar-refractivity contribution in [3.05, 3.63) is 55.5 Å². The lowest BCUT2D eigenvalue weighted by molar-refractivity contribution is -0.0906. The topological polar surface area (TPSA) is 105 Å². The molecule has 2 aromatic rings. The Balaban J connectivity index is 2.26. The molecule has 1 fully saturated rings. The van der Waals surface area contributed by atoms with Crippen LogP contribution in [0, 0.1) is 0 Å². The van der Waals surface area contributed by atoms with E-state index in [1.807, 2.05) is 5.38 Å². The van der Waals surface area contributed by atoms with Crippen molar-refractivity contribution >= 4 is 27.3 Å². The standard InChI is InChI=1S/C13H13BrN2O5S/c14-11-10(19)7(6-17)21-13(11,8-2-1-5-22-8)16-4-3-9(18)15-12(16)20/h1-5,7,10-11,17,19H,6H2,(H,15,18,20)/t7-,10-,11-,13-/m1/s1. The van der Waals surface area contributed by atoms with E-state index in [1.165, 1.54) is 28.2 Å². The number of aromatic amines is 1. The molecule has 3 heterocycles. The van der Waals surface area contributed by atoms with Gasteiger partial charge in [-0.15, -0.1) is 11.3 Å². The maximum atomic E-state index is 12.2. The van der Waals surface area contributed by atoms with Crippen LogP contribution in [0.4, 0.5) is 0 Å². The van der Waals surface area contributed by atoms with Gasteiger partial charge < -0.3 is 14.9 Å². The summed E-state index contributed by atoms with van der Waals surface area (Å²) < 4.78 is 7.10. The number of aromatic nitrogens is 2. The van der Waals surface area contributed by atoms with Crippen LogP contribution in [-0.4, -0.2) is 43.4 Å². The Labute approximate surface area is 136 Å². The van der Waals surface area contributed by atoms with E-state index in [2.05, 4.69) is 20.9 Å². The molecule has 0 aromatic carbocycles. The van der Waals surface area contributed by atoms with Crippen molar-refractivity contribution in [2.45, 2.75) is 22.8 Å². The first-order valence-corrected chi connectivity index (χ1v) is 8.27. The van der Waals surface area contributed by atoms with E-state index < -0.39 is 40.6 Å². The van der Waals surface area contributed by atoms with Crippen molar-refractivity contribution in [3.63, 3.8) is 0 Å². The van der Waals surface area contributed by atoms with Crippen molar-refractivity contribution in [1.82, 2.24) is 9.55 Å². The number of hydrogen-bond donors (Lipinski definition) is 3. The number of thiophene rings is 1. The Morgan fingerprint density at radius 2 is 2.23 bits per heavy atom. The number of H-pyrrole nitrogens is 1. The van der Waals surface area contributed by atoms with E-state index >= 15 is 0 Å². The number of aliphatic hydroxyl groups is 2. The van der Waals surface area contributed by atoms with Gasteiger partial charge >= 0.3 is 5.69 Å². The minimum atomic E-state index is -1.34. The molecule has 0 spiro atoms. The average Bonchev–Trinajstić information content (AvgIpc) is 3.10. The molecular weight excluding hydrogens is 376 g/mol. The molecule has 3 rings (SSSR count). The Morgan fingerprint density at radius 3 is 2.77 bits per heavy atom. The summed E-state index contributed by atoms with van der Waals surface area (Å²) in [4.78, 5) is 25.7. The second-order valence-electron chi connectivity index (χ2n) is 4.89. The highest BCUT2D eigenvalue weighted by Gasteiger charge is 2.57. The molecule has 0 bridgehead atoms. The molecule has 0 saturated carbocycles. The fourth-order valence-electron chi connectivity index (χ4n) is 2.59. The van der Waals surface area contributed by atoms with Gasteiger partial charge in [0.15, 0.2) is 5.72 Å². The van der Waals surface area contributed by atoms with Gasteiger partial charge in [-0.2, -0.15) is 0 Å². The summed E-state index contributed by atoms with van der Waals surface area (Å²) in [5, 5.41) is 21.5. The lowest BCUT2D eigenvalue weighted by atomic mass is 10.0. The van der Waals surface area contributed by atoms with Crippen LogP contribution in [0.1, 0.15) is 4.88 Å². The highest BCUT2D eigenvalue weighted by Crippen LogP contribution is 2.45. The van der Waals surface area contributed by atoms with Crippen molar-refractivity contribution in [3.8, 4) is 0 Å². The molecular formula is C13H13BrN2O5S. The van der Waals surface area contributed by atoms with Gasteiger partial charge in [-0.1, -0.05) is 22.0 Å². The molecule has 0 unspecified atom stereocenters. The minimum absolute atomic E-state index is 0.394. The third-order valence-corrected chi connectivity index (χ3v) is 5.76. The van der Waals surface area contributed by atoms with Crippen LogP contribution in [0.25, 0.3) is 0 Å². The van der Waals surface area contributed by atoms with Crippen LogP contribution in [0.15, 0.2) is 39.4 Å².